The largest absolute Gasteiger partial charge is 0.497 e. The van der Waals surface area contributed by atoms with E-state index in [1.807, 2.05) is 30.3 Å². The molecule has 3 N–H and O–H groups in total. The average Bonchev–Trinajstić information content (AvgIpc) is 2.41. The maximum absolute atomic E-state index is 5.58. The number of nitrogens with one attached hydrogen (secondary N) is 1. The predicted molar refractivity (Wildman–Crippen MR) is 64.2 cm³/mol. The number of benzene rings is 1. The number of methoxy groups -OCH3 is 1. The van der Waals surface area contributed by atoms with Gasteiger partial charge in [0.05, 0.1) is 18.8 Å². The van der Waals surface area contributed by atoms with E-state index in [4.69, 9.17) is 10.6 Å². The lowest BCUT2D eigenvalue weighted by Crippen LogP contribution is -2.29. The van der Waals surface area contributed by atoms with Gasteiger partial charge in [-0.3, -0.25) is 5.84 Å². The van der Waals surface area contributed by atoms with Gasteiger partial charge in [-0.15, -0.1) is 0 Å². The molecular weight excluding hydrogens is 216 g/mol. The molecule has 0 amide bonds. The van der Waals surface area contributed by atoms with Crippen LogP contribution in [0, 0.1) is 0 Å². The van der Waals surface area contributed by atoms with Gasteiger partial charge in [0.15, 0.2) is 0 Å². The van der Waals surface area contributed by atoms with Crippen LogP contribution in [0.25, 0.3) is 0 Å². The van der Waals surface area contributed by atoms with Crippen molar-refractivity contribution in [1.82, 2.24) is 15.4 Å². The van der Waals surface area contributed by atoms with E-state index in [0.717, 1.165) is 17.0 Å². The van der Waals surface area contributed by atoms with Crippen LogP contribution in [-0.4, -0.2) is 17.1 Å². The number of nitrogens with two attached hydrogens (primary N) is 1. The van der Waals surface area contributed by atoms with Crippen LogP contribution in [0.5, 0.6) is 5.75 Å². The van der Waals surface area contributed by atoms with Crippen LogP contribution in [0.3, 0.4) is 0 Å². The Morgan fingerprint density at radius 2 is 2.24 bits per heavy atom. The Morgan fingerprint density at radius 3 is 2.88 bits per heavy atom. The molecule has 0 saturated heterocycles. The second-order valence-corrected chi connectivity index (χ2v) is 3.51. The molecular formula is C12H14N4O. The highest BCUT2D eigenvalue weighted by Crippen LogP contribution is 2.22. The van der Waals surface area contributed by atoms with Crippen molar-refractivity contribution in [1.29, 1.82) is 0 Å². The first-order valence-corrected chi connectivity index (χ1v) is 5.21. The standard InChI is InChI=1S/C12H14N4O/c1-17-10-4-2-3-9(7-10)12(16-13)11-5-6-14-8-15-11/h2-8,12,16H,13H2,1H3. The molecule has 0 fully saturated rings. The second kappa shape index (κ2) is 5.38. The SMILES string of the molecule is COc1cccc(C(NN)c2ccncn2)c1. The highest BCUT2D eigenvalue weighted by molar-refractivity contribution is 5.34. The molecule has 2 rings (SSSR count). The third kappa shape index (κ3) is 2.58. The summed E-state index contributed by atoms with van der Waals surface area (Å²) in [7, 11) is 1.63. The molecule has 0 bridgehead atoms. The van der Waals surface area contributed by atoms with Crippen LogP contribution in [0.4, 0.5) is 0 Å². The molecule has 1 atom stereocenters. The number of hydrogen-bond donors (Lipinski definition) is 2. The van der Waals surface area contributed by atoms with Gasteiger partial charge in [-0.05, 0) is 23.8 Å². The lowest BCUT2D eigenvalue weighted by atomic mass is 10.0. The summed E-state index contributed by atoms with van der Waals surface area (Å²) >= 11 is 0. The quantitative estimate of drug-likeness (QED) is 0.606. The maximum Gasteiger partial charge on any atom is 0.119 e. The molecule has 17 heavy (non-hydrogen) atoms. The molecule has 5 heteroatoms. The molecule has 1 unspecified atom stereocenters. The van der Waals surface area contributed by atoms with Crippen molar-refractivity contribution in [3.8, 4) is 5.75 Å². The number of aromatic nitrogens is 2. The molecule has 88 valence electrons. The third-order valence-corrected chi connectivity index (χ3v) is 2.49. The van der Waals surface area contributed by atoms with E-state index in [1.54, 1.807) is 13.3 Å². The van der Waals surface area contributed by atoms with Gasteiger partial charge >= 0.3 is 0 Å². The van der Waals surface area contributed by atoms with Gasteiger partial charge < -0.3 is 4.74 Å². The molecule has 5 nitrogen and oxygen atoms in total. The van der Waals surface area contributed by atoms with E-state index in [0.29, 0.717) is 0 Å². The smallest absolute Gasteiger partial charge is 0.119 e. The molecule has 2 aromatic rings. The molecule has 0 aliphatic rings. The lowest BCUT2D eigenvalue weighted by Gasteiger charge is -2.16. The molecule has 1 aromatic carbocycles. The highest BCUT2D eigenvalue weighted by atomic mass is 16.5. The van der Waals surface area contributed by atoms with E-state index >= 15 is 0 Å². The van der Waals surface area contributed by atoms with Crippen LogP contribution < -0.4 is 16.0 Å². The minimum Gasteiger partial charge on any atom is -0.497 e. The average molecular weight is 230 g/mol. The zero-order valence-electron chi connectivity index (χ0n) is 9.50. The summed E-state index contributed by atoms with van der Waals surface area (Å²) in [5, 5.41) is 0. The van der Waals surface area contributed by atoms with E-state index in [2.05, 4.69) is 15.4 Å². The van der Waals surface area contributed by atoms with Crippen LogP contribution in [-0.2, 0) is 0 Å². The predicted octanol–water partition coefficient (Wildman–Crippen LogP) is 1.04. The van der Waals surface area contributed by atoms with Crippen molar-refractivity contribution in [2.45, 2.75) is 6.04 Å². The lowest BCUT2D eigenvalue weighted by molar-refractivity contribution is 0.413. The number of hydrogen-bond acceptors (Lipinski definition) is 5. The minimum absolute atomic E-state index is 0.173. The van der Waals surface area contributed by atoms with E-state index in [9.17, 15) is 0 Å². The normalized spacial score (nSPS) is 12.1. The molecule has 1 heterocycles. The Labute approximate surface area is 99.6 Å². The van der Waals surface area contributed by atoms with Crippen molar-refractivity contribution >= 4 is 0 Å². The fourth-order valence-corrected chi connectivity index (χ4v) is 1.65. The summed E-state index contributed by atoms with van der Waals surface area (Å²) in [6.45, 7) is 0. The van der Waals surface area contributed by atoms with Gasteiger partial charge in [0.25, 0.3) is 0 Å². The zero-order chi connectivity index (χ0) is 12.1. The number of rotatable bonds is 4. The van der Waals surface area contributed by atoms with Crippen molar-refractivity contribution in [3.63, 3.8) is 0 Å². The highest BCUT2D eigenvalue weighted by Gasteiger charge is 2.13. The van der Waals surface area contributed by atoms with Crippen molar-refractivity contribution in [2.24, 2.45) is 5.84 Å². The van der Waals surface area contributed by atoms with Gasteiger partial charge in [0, 0.05) is 6.20 Å². The zero-order valence-corrected chi connectivity index (χ0v) is 9.50. The fourth-order valence-electron chi connectivity index (χ4n) is 1.65. The maximum atomic E-state index is 5.58. The summed E-state index contributed by atoms with van der Waals surface area (Å²) in [5.74, 6) is 6.37. The Kier molecular flexibility index (Phi) is 3.64. The Morgan fingerprint density at radius 1 is 1.35 bits per heavy atom. The van der Waals surface area contributed by atoms with Gasteiger partial charge in [0.2, 0.25) is 0 Å². The van der Waals surface area contributed by atoms with Crippen LogP contribution >= 0.6 is 0 Å². The summed E-state index contributed by atoms with van der Waals surface area (Å²) < 4.78 is 5.18. The Balaban J connectivity index is 2.35. The van der Waals surface area contributed by atoms with Gasteiger partial charge in [-0.2, -0.15) is 0 Å². The van der Waals surface area contributed by atoms with Crippen LogP contribution in [0.15, 0.2) is 42.9 Å². The van der Waals surface area contributed by atoms with Gasteiger partial charge in [0.1, 0.15) is 12.1 Å². The van der Waals surface area contributed by atoms with E-state index in [-0.39, 0.29) is 6.04 Å². The Hall–Kier alpha value is -1.98. The second-order valence-electron chi connectivity index (χ2n) is 3.51. The molecule has 1 aromatic heterocycles. The van der Waals surface area contributed by atoms with Crippen molar-refractivity contribution in [2.75, 3.05) is 7.11 Å². The number of ether oxygens (including phenoxy) is 1. The topological polar surface area (TPSA) is 73.1 Å². The van der Waals surface area contributed by atoms with Crippen LogP contribution in [0.2, 0.25) is 0 Å². The third-order valence-electron chi connectivity index (χ3n) is 2.49. The summed E-state index contributed by atoms with van der Waals surface area (Å²) in [5.41, 5.74) is 4.55. The number of hydrazine groups is 1. The Bertz CT molecular complexity index is 475. The van der Waals surface area contributed by atoms with Crippen LogP contribution in [0.1, 0.15) is 17.3 Å². The molecule has 0 spiro atoms. The van der Waals surface area contributed by atoms with E-state index in [1.165, 1.54) is 6.33 Å². The van der Waals surface area contributed by atoms with Gasteiger partial charge in [-0.25, -0.2) is 15.4 Å². The summed E-state index contributed by atoms with van der Waals surface area (Å²) in [4.78, 5) is 8.07. The summed E-state index contributed by atoms with van der Waals surface area (Å²) in [6, 6.07) is 9.34. The molecule has 0 radical (unpaired) electrons. The minimum atomic E-state index is -0.173. The molecule has 0 aliphatic heterocycles. The number of nitrogens with zero attached hydrogens (tertiary/aromatic N) is 2. The fraction of sp³-hybridized carbons (Fsp3) is 0.167. The van der Waals surface area contributed by atoms with Crippen molar-refractivity contribution < 1.29 is 4.74 Å². The first-order valence-electron chi connectivity index (χ1n) is 5.21. The molecule has 0 saturated carbocycles. The van der Waals surface area contributed by atoms with Gasteiger partial charge in [-0.1, -0.05) is 12.1 Å². The summed E-state index contributed by atoms with van der Waals surface area (Å²) in [6.07, 6.45) is 3.19. The monoisotopic (exact) mass is 230 g/mol. The first-order chi connectivity index (χ1) is 8.35. The van der Waals surface area contributed by atoms with E-state index < -0.39 is 0 Å². The first kappa shape index (κ1) is 11.5. The van der Waals surface area contributed by atoms with Crippen molar-refractivity contribution in [3.05, 3.63) is 54.1 Å². The molecule has 0 aliphatic carbocycles.